The summed E-state index contributed by atoms with van der Waals surface area (Å²) in [4.78, 5) is 17.0. The van der Waals surface area contributed by atoms with Gasteiger partial charge in [0.2, 0.25) is 0 Å². The Hall–Kier alpha value is -1.98. The molecule has 2 aromatic heterocycles. The van der Waals surface area contributed by atoms with Gasteiger partial charge < -0.3 is 4.90 Å². The van der Waals surface area contributed by atoms with Gasteiger partial charge in [0.15, 0.2) is 0 Å². The van der Waals surface area contributed by atoms with Crippen LogP contribution in [-0.2, 0) is 19.4 Å². The molecule has 2 aliphatic rings. The average molecular weight is 350 g/mol. The van der Waals surface area contributed by atoms with Crippen LogP contribution in [0.15, 0.2) is 36.7 Å². The number of fused-ring (bicyclic) bond motifs is 3. The van der Waals surface area contributed by atoms with Crippen LogP contribution in [0.25, 0.3) is 10.2 Å². The number of anilines is 1. The summed E-state index contributed by atoms with van der Waals surface area (Å²) in [5.74, 6) is 1.17. The number of hydrogen-bond donors (Lipinski definition) is 0. The van der Waals surface area contributed by atoms with Crippen LogP contribution in [0.2, 0.25) is 0 Å². The second-order valence-corrected chi connectivity index (χ2v) is 8.07. The van der Waals surface area contributed by atoms with Gasteiger partial charge >= 0.3 is 0 Å². The molecule has 128 valence electrons. The molecule has 25 heavy (non-hydrogen) atoms. The first-order chi connectivity index (χ1) is 12.4. The monoisotopic (exact) mass is 350 g/mol. The fraction of sp³-hybridized carbons (Fsp3) is 0.400. The molecule has 0 unspecified atom stereocenters. The highest BCUT2D eigenvalue weighted by Gasteiger charge is 2.25. The van der Waals surface area contributed by atoms with Crippen molar-refractivity contribution in [2.45, 2.75) is 25.8 Å². The maximum atomic E-state index is 4.69. The molecular weight excluding hydrogens is 328 g/mol. The van der Waals surface area contributed by atoms with E-state index in [9.17, 15) is 0 Å². The van der Waals surface area contributed by atoms with Gasteiger partial charge in [-0.25, -0.2) is 9.97 Å². The molecule has 3 aromatic rings. The van der Waals surface area contributed by atoms with Gasteiger partial charge in [0.05, 0.1) is 5.39 Å². The Bertz CT molecular complexity index is 881. The first-order valence-corrected chi connectivity index (χ1v) is 9.96. The molecule has 1 fully saturated rings. The number of nitrogens with zero attached hydrogens (tertiary/aromatic N) is 4. The van der Waals surface area contributed by atoms with Crippen molar-refractivity contribution in [1.29, 1.82) is 0 Å². The van der Waals surface area contributed by atoms with Crippen LogP contribution in [0, 0.1) is 0 Å². The third-order valence-corrected chi connectivity index (χ3v) is 6.60. The van der Waals surface area contributed by atoms with Crippen molar-refractivity contribution in [2.75, 3.05) is 31.1 Å². The second-order valence-electron chi connectivity index (χ2n) is 6.98. The lowest BCUT2D eigenvalue weighted by molar-refractivity contribution is 0.249. The van der Waals surface area contributed by atoms with E-state index in [-0.39, 0.29) is 0 Å². The molecule has 0 radical (unpaired) electrons. The molecule has 0 bridgehead atoms. The number of rotatable bonds is 3. The molecule has 0 N–H and O–H groups in total. The van der Waals surface area contributed by atoms with E-state index in [4.69, 9.17) is 4.98 Å². The highest BCUT2D eigenvalue weighted by molar-refractivity contribution is 7.19. The largest absolute Gasteiger partial charge is 0.353 e. The van der Waals surface area contributed by atoms with Crippen molar-refractivity contribution < 1.29 is 0 Å². The molecule has 0 atom stereocenters. The molecule has 0 saturated carbocycles. The topological polar surface area (TPSA) is 32.3 Å². The van der Waals surface area contributed by atoms with Crippen LogP contribution < -0.4 is 4.90 Å². The predicted octanol–water partition coefficient (Wildman–Crippen LogP) is 3.50. The van der Waals surface area contributed by atoms with Crippen LogP contribution in [0.5, 0.6) is 0 Å². The minimum Gasteiger partial charge on any atom is -0.353 e. The lowest BCUT2D eigenvalue weighted by Crippen LogP contribution is -2.46. The third-order valence-electron chi connectivity index (χ3n) is 5.40. The van der Waals surface area contributed by atoms with E-state index in [1.54, 1.807) is 11.2 Å². The summed E-state index contributed by atoms with van der Waals surface area (Å²) in [7, 11) is 0. The summed E-state index contributed by atoms with van der Waals surface area (Å²) >= 11 is 1.88. The Labute approximate surface area is 152 Å². The molecule has 1 aromatic carbocycles. The van der Waals surface area contributed by atoms with Crippen molar-refractivity contribution in [2.24, 2.45) is 0 Å². The number of piperazine rings is 1. The molecule has 5 heteroatoms. The van der Waals surface area contributed by atoms with E-state index >= 15 is 0 Å². The van der Waals surface area contributed by atoms with E-state index in [0.717, 1.165) is 32.7 Å². The zero-order valence-electron chi connectivity index (χ0n) is 14.3. The van der Waals surface area contributed by atoms with Crippen LogP contribution >= 0.6 is 11.3 Å². The predicted molar refractivity (Wildman–Crippen MR) is 103 cm³/mol. The van der Waals surface area contributed by atoms with Gasteiger partial charge in [0, 0.05) is 37.6 Å². The SMILES string of the molecule is c1ccc(CN2CCN(c3ncnc4sc5c(c34)CCC5)CC2)cc1. The zero-order chi connectivity index (χ0) is 16.6. The normalized spacial score (nSPS) is 18.0. The Morgan fingerprint density at radius 3 is 2.64 bits per heavy atom. The van der Waals surface area contributed by atoms with Gasteiger partial charge in [-0.15, -0.1) is 11.3 Å². The quantitative estimate of drug-likeness (QED) is 0.724. The Morgan fingerprint density at radius 2 is 1.80 bits per heavy atom. The van der Waals surface area contributed by atoms with E-state index in [2.05, 4.69) is 45.1 Å². The van der Waals surface area contributed by atoms with Crippen LogP contribution in [0.4, 0.5) is 5.82 Å². The van der Waals surface area contributed by atoms with E-state index in [1.807, 2.05) is 11.3 Å². The summed E-state index contributed by atoms with van der Waals surface area (Å²) in [5.41, 5.74) is 2.93. The van der Waals surface area contributed by atoms with E-state index in [1.165, 1.54) is 46.4 Å². The molecule has 1 aliphatic heterocycles. The smallest absolute Gasteiger partial charge is 0.141 e. The molecule has 1 aliphatic carbocycles. The highest BCUT2D eigenvalue weighted by Crippen LogP contribution is 2.40. The lowest BCUT2D eigenvalue weighted by Gasteiger charge is -2.35. The molecule has 3 heterocycles. The van der Waals surface area contributed by atoms with Gasteiger partial charge in [0.1, 0.15) is 17.0 Å². The van der Waals surface area contributed by atoms with Crippen molar-refractivity contribution in [3.05, 3.63) is 52.7 Å². The number of hydrogen-bond acceptors (Lipinski definition) is 5. The standard InChI is InChI=1S/C20H22N4S/c1-2-5-15(6-3-1)13-23-9-11-24(12-10-23)19-18-16-7-4-8-17(16)25-20(18)22-14-21-19/h1-3,5-6,14H,4,7-13H2. The van der Waals surface area contributed by atoms with Gasteiger partial charge in [0.25, 0.3) is 0 Å². The first-order valence-electron chi connectivity index (χ1n) is 9.15. The maximum Gasteiger partial charge on any atom is 0.141 e. The lowest BCUT2D eigenvalue weighted by atomic mass is 10.1. The summed E-state index contributed by atoms with van der Waals surface area (Å²) < 4.78 is 0. The number of aryl methyl sites for hydroxylation is 2. The van der Waals surface area contributed by atoms with Crippen molar-refractivity contribution in [1.82, 2.24) is 14.9 Å². The molecule has 0 spiro atoms. The number of aromatic nitrogens is 2. The molecular formula is C20H22N4S. The summed E-state index contributed by atoms with van der Waals surface area (Å²) in [6, 6.07) is 10.8. The zero-order valence-corrected chi connectivity index (χ0v) is 15.1. The second kappa shape index (κ2) is 6.39. The van der Waals surface area contributed by atoms with Gasteiger partial charge in [-0.2, -0.15) is 0 Å². The highest BCUT2D eigenvalue weighted by atomic mass is 32.1. The minimum absolute atomic E-state index is 1.04. The fourth-order valence-electron chi connectivity index (χ4n) is 4.11. The van der Waals surface area contributed by atoms with Crippen LogP contribution in [0.3, 0.4) is 0 Å². The molecule has 5 rings (SSSR count). The molecule has 0 amide bonds. The molecule has 4 nitrogen and oxygen atoms in total. The number of thiophene rings is 1. The van der Waals surface area contributed by atoms with Crippen molar-refractivity contribution in [3.63, 3.8) is 0 Å². The average Bonchev–Trinajstić information content (AvgIpc) is 3.24. The van der Waals surface area contributed by atoms with Crippen molar-refractivity contribution >= 4 is 27.4 Å². The minimum atomic E-state index is 1.04. The van der Waals surface area contributed by atoms with Crippen LogP contribution in [0.1, 0.15) is 22.4 Å². The summed E-state index contributed by atoms with van der Waals surface area (Å²) in [6.07, 6.45) is 5.46. The maximum absolute atomic E-state index is 4.69. The Balaban J connectivity index is 1.35. The summed E-state index contributed by atoms with van der Waals surface area (Å²) in [5, 5.41) is 1.34. The summed E-state index contributed by atoms with van der Waals surface area (Å²) in [6.45, 7) is 5.31. The Kier molecular flexibility index (Phi) is 3.91. The van der Waals surface area contributed by atoms with E-state index < -0.39 is 0 Å². The molecule has 1 saturated heterocycles. The van der Waals surface area contributed by atoms with Crippen LogP contribution in [-0.4, -0.2) is 41.0 Å². The first kappa shape index (κ1) is 15.3. The van der Waals surface area contributed by atoms with Crippen molar-refractivity contribution in [3.8, 4) is 0 Å². The van der Waals surface area contributed by atoms with Gasteiger partial charge in [-0.3, -0.25) is 4.90 Å². The number of benzene rings is 1. The van der Waals surface area contributed by atoms with Gasteiger partial charge in [-0.1, -0.05) is 30.3 Å². The van der Waals surface area contributed by atoms with E-state index in [0.29, 0.717) is 0 Å². The third kappa shape index (κ3) is 2.81. The van der Waals surface area contributed by atoms with Gasteiger partial charge in [-0.05, 0) is 30.4 Å². The Morgan fingerprint density at radius 1 is 0.960 bits per heavy atom. The fourth-order valence-corrected chi connectivity index (χ4v) is 5.33.